The van der Waals surface area contributed by atoms with E-state index in [9.17, 15) is 4.79 Å². The number of anilines is 2. The van der Waals surface area contributed by atoms with E-state index in [0.717, 1.165) is 0 Å². The van der Waals surface area contributed by atoms with E-state index in [1.807, 2.05) is 0 Å². The van der Waals surface area contributed by atoms with Crippen LogP contribution in [0.5, 0.6) is 5.88 Å². The van der Waals surface area contributed by atoms with Gasteiger partial charge in [-0.2, -0.15) is 0 Å². The molecule has 0 aliphatic rings. The molecule has 6 heteroatoms. The lowest BCUT2D eigenvalue weighted by Gasteiger charge is -2.02. The molecule has 1 aromatic heterocycles. The highest BCUT2D eigenvalue weighted by Gasteiger charge is 2.06. The highest BCUT2D eigenvalue weighted by atomic mass is 16.5. The zero-order valence-corrected chi connectivity index (χ0v) is 5.92. The Morgan fingerprint density at radius 1 is 1.45 bits per heavy atom. The van der Waals surface area contributed by atoms with E-state index >= 15 is 0 Å². The SMILES string of the molecule is COc1n[nH]c(=O)c(N)c1N. The van der Waals surface area contributed by atoms with Gasteiger partial charge in [0.15, 0.2) is 0 Å². The van der Waals surface area contributed by atoms with Crippen molar-refractivity contribution in [3.05, 3.63) is 10.4 Å². The maximum Gasteiger partial charge on any atom is 0.289 e. The highest BCUT2D eigenvalue weighted by Crippen LogP contribution is 2.18. The predicted octanol–water partition coefficient (Wildman–Crippen LogP) is -1.06. The zero-order chi connectivity index (χ0) is 8.43. The van der Waals surface area contributed by atoms with Gasteiger partial charge in [0.2, 0.25) is 0 Å². The lowest BCUT2D eigenvalue weighted by Crippen LogP contribution is -2.16. The molecule has 0 aliphatic carbocycles. The van der Waals surface area contributed by atoms with E-state index in [-0.39, 0.29) is 17.3 Å². The summed E-state index contributed by atoms with van der Waals surface area (Å²) in [5, 5.41) is 5.62. The number of hydrogen-bond acceptors (Lipinski definition) is 5. The Labute approximate surface area is 62.2 Å². The van der Waals surface area contributed by atoms with Crippen molar-refractivity contribution in [1.82, 2.24) is 10.2 Å². The molecule has 0 saturated carbocycles. The molecule has 0 atom stereocenters. The molecule has 0 bridgehead atoms. The van der Waals surface area contributed by atoms with Gasteiger partial charge in [0.25, 0.3) is 11.4 Å². The van der Waals surface area contributed by atoms with Crippen LogP contribution >= 0.6 is 0 Å². The second-order valence-electron chi connectivity index (χ2n) is 1.89. The summed E-state index contributed by atoms with van der Waals surface area (Å²) in [4.78, 5) is 10.7. The Balaban J connectivity index is 3.37. The van der Waals surface area contributed by atoms with Crippen molar-refractivity contribution in [3.8, 4) is 5.88 Å². The fourth-order valence-corrected chi connectivity index (χ4v) is 0.615. The maximum atomic E-state index is 10.7. The number of nitrogens with one attached hydrogen (secondary N) is 1. The normalized spacial score (nSPS) is 9.55. The quantitative estimate of drug-likeness (QED) is 0.480. The Bertz CT molecular complexity index is 319. The molecule has 1 rings (SSSR count). The summed E-state index contributed by atoms with van der Waals surface area (Å²) in [5.74, 6) is 0.127. The summed E-state index contributed by atoms with van der Waals surface area (Å²) in [5.41, 5.74) is 10.1. The van der Waals surface area contributed by atoms with E-state index in [1.165, 1.54) is 7.11 Å². The van der Waals surface area contributed by atoms with Crippen molar-refractivity contribution >= 4 is 11.4 Å². The molecule has 0 radical (unpaired) electrons. The van der Waals surface area contributed by atoms with Crippen LogP contribution in [0.25, 0.3) is 0 Å². The van der Waals surface area contributed by atoms with Gasteiger partial charge in [-0.15, -0.1) is 5.10 Å². The Morgan fingerprint density at radius 2 is 2.09 bits per heavy atom. The Hall–Kier alpha value is -1.72. The summed E-state index contributed by atoms with van der Waals surface area (Å²) in [7, 11) is 1.39. The number of nitrogens with two attached hydrogens (primary N) is 2. The van der Waals surface area contributed by atoms with Crippen LogP contribution < -0.4 is 21.8 Å². The van der Waals surface area contributed by atoms with Crippen molar-refractivity contribution in [2.45, 2.75) is 0 Å². The molecule has 0 aromatic carbocycles. The van der Waals surface area contributed by atoms with Crippen molar-refractivity contribution in [2.75, 3.05) is 18.6 Å². The number of nitrogen functional groups attached to an aromatic ring is 2. The van der Waals surface area contributed by atoms with Gasteiger partial charge in [-0.25, -0.2) is 5.10 Å². The summed E-state index contributed by atoms with van der Waals surface area (Å²) in [6.45, 7) is 0. The van der Waals surface area contributed by atoms with Crippen LogP contribution in [0, 0.1) is 0 Å². The molecule has 1 aromatic rings. The summed E-state index contributed by atoms with van der Waals surface area (Å²) in [6.07, 6.45) is 0. The van der Waals surface area contributed by atoms with Gasteiger partial charge in [0, 0.05) is 0 Å². The van der Waals surface area contributed by atoms with E-state index in [4.69, 9.17) is 16.2 Å². The molecule has 0 saturated heterocycles. The first-order chi connectivity index (χ1) is 5.16. The van der Waals surface area contributed by atoms with Gasteiger partial charge in [-0.1, -0.05) is 0 Å². The van der Waals surface area contributed by atoms with Gasteiger partial charge in [-0.3, -0.25) is 4.79 Å². The number of rotatable bonds is 1. The lowest BCUT2D eigenvalue weighted by molar-refractivity contribution is 0.394. The average Bonchev–Trinajstić information content (AvgIpc) is 2.01. The maximum absolute atomic E-state index is 10.7. The largest absolute Gasteiger partial charge is 0.478 e. The second kappa shape index (κ2) is 2.49. The molecule has 0 aliphatic heterocycles. The molecule has 60 valence electrons. The fraction of sp³-hybridized carbons (Fsp3) is 0.200. The smallest absolute Gasteiger partial charge is 0.289 e. The van der Waals surface area contributed by atoms with Gasteiger partial charge >= 0.3 is 0 Å². The minimum absolute atomic E-state index is 0.0660. The number of ether oxygens (including phenoxy) is 1. The molecule has 0 spiro atoms. The summed E-state index contributed by atoms with van der Waals surface area (Å²) in [6, 6.07) is 0. The topological polar surface area (TPSA) is 107 Å². The number of hydrogen-bond donors (Lipinski definition) is 3. The summed E-state index contributed by atoms with van der Waals surface area (Å²) < 4.78 is 4.69. The molecule has 5 N–H and O–H groups in total. The number of aromatic amines is 1. The van der Waals surface area contributed by atoms with Crippen LogP contribution in [0.2, 0.25) is 0 Å². The van der Waals surface area contributed by atoms with Crippen molar-refractivity contribution < 1.29 is 4.74 Å². The zero-order valence-electron chi connectivity index (χ0n) is 5.92. The molecular formula is C5H8N4O2. The Kier molecular flexibility index (Phi) is 1.67. The highest BCUT2D eigenvalue weighted by molar-refractivity contribution is 5.66. The number of H-pyrrole nitrogens is 1. The first-order valence-electron chi connectivity index (χ1n) is 2.84. The van der Waals surface area contributed by atoms with Crippen molar-refractivity contribution in [3.63, 3.8) is 0 Å². The molecule has 0 unspecified atom stereocenters. The standard InChI is InChI=1S/C5H8N4O2/c1-11-5-3(7)2(6)4(10)8-9-5/h1H3,(H2,6,9)(H3,7,8,10). The van der Waals surface area contributed by atoms with E-state index in [0.29, 0.717) is 0 Å². The van der Waals surface area contributed by atoms with Crippen LogP contribution in [-0.2, 0) is 0 Å². The second-order valence-corrected chi connectivity index (χ2v) is 1.89. The van der Waals surface area contributed by atoms with Gasteiger partial charge in [0.05, 0.1) is 7.11 Å². The van der Waals surface area contributed by atoms with Crippen LogP contribution in [-0.4, -0.2) is 17.3 Å². The lowest BCUT2D eigenvalue weighted by atomic mass is 10.4. The molecule has 0 fully saturated rings. The van der Waals surface area contributed by atoms with Gasteiger partial charge in [-0.05, 0) is 0 Å². The minimum atomic E-state index is -0.511. The fourth-order valence-electron chi connectivity index (χ4n) is 0.615. The van der Waals surface area contributed by atoms with Crippen LogP contribution in [0.1, 0.15) is 0 Å². The third-order valence-corrected chi connectivity index (χ3v) is 1.22. The Morgan fingerprint density at radius 3 is 2.64 bits per heavy atom. The molecule has 11 heavy (non-hydrogen) atoms. The first kappa shape index (κ1) is 7.39. The van der Waals surface area contributed by atoms with Crippen molar-refractivity contribution in [2.24, 2.45) is 0 Å². The number of nitrogens with zero attached hydrogens (tertiary/aromatic N) is 1. The van der Waals surface area contributed by atoms with Crippen LogP contribution in [0.4, 0.5) is 11.4 Å². The van der Waals surface area contributed by atoms with Gasteiger partial charge in [0.1, 0.15) is 11.4 Å². The molecule has 0 amide bonds. The van der Waals surface area contributed by atoms with E-state index < -0.39 is 5.56 Å². The van der Waals surface area contributed by atoms with E-state index in [2.05, 4.69) is 10.2 Å². The minimum Gasteiger partial charge on any atom is -0.478 e. The van der Waals surface area contributed by atoms with E-state index in [1.54, 1.807) is 0 Å². The average molecular weight is 156 g/mol. The number of aromatic nitrogens is 2. The third-order valence-electron chi connectivity index (χ3n) is 1.22. The van der Waals surface area contributed by atoms with Gasteiger partial charge < -0.3 is 16.2 Å². The van der Waals surface area contributed by atoms with Crippen molar-refractivity contribution in [1.29, 1.82) is 0 Å². The number of methoxy groups -OCH3 is 1. The predicted molar refractivity (Wildman–Crippen MR) is 40.2 cm³/mol. The monoisotopic (exact) mass is 156 g/mol. The van der Waals surface area contributed by atoms with Crippen LogP contribution in [0.15, 0.2) is 4.79 Å². The summed E-state index contributed by atoms with van der Waals surface area (Å²) >= 11 is 0. The first-order valence-corrected chi connectivity index (χ1v) is 2.84. The molecule has 6 nitrogen and oxygen atoms in total. The molecule has 1 heterocycles. The molecular weight excluding hydrogens is 148 g/mol. The third kappa shape index (κ3) is 1.09. The van der Waals surface area contributed by atoms with Crippen LogP contribution in [0.3, 0.4) is 0 Å².